The van der Waals surface area contributed by atoms with Crippen molar-refractivity contribution in [3.8, 4) is 0 Å². The van der Waals surface area contributed by atoms with Crippen LogP contribution in [-0.4, -0.2) is 24.9 Å². The van der Waals surface area contributed by atoms with Gasteiger partial charge in [0, 0.05) is 26.4 Å². The second kappa shape index (κ2) is 9.16. The number of rotatable bonds is 7. The van der Waals surface area contributed by atoms with E-state index in [9.17, 15) is 27.2 Å². The minimum Gasteiger partial charge on any atom is -0.356 e. The first kappa shape index (κ1) is 20.4. The highest BCUT2D eigenvalue weighted by atomic mass is 19.2. The van der Waals surface area contributed by atoms with E-state index < -0.39 is 35.0 Å². The molecular formula is C19H18F4N2O2. The monoisotopic (exact) mass is 382 g/mol. The van der Waals surface area contributed by atoms with Crippen molar-refractivity contribution in [3.05, 3.63) is 65.2 Å². The van der Waals surface area contributed by atoms with Gasteiger partial charge in [-0.25, -0.2) is 17.6 Å². The summed E-state index contributed by atoms with van der Waals surface area (Å²) in [6.07, 6.45) is 0.0991. The summed E-state index contributed by atoms with van der Waals surface area (Å²) >= 11 is 0. The highest BCUT2D eigenvalue weighted by Crippen LogP contribution is 2.24. The first-order valence-corrected chi connectivity index (χ1v) is 8.23. The largest absolute Gasteiger partial charge is 0.356 e. The fourth-order valence-electron chi connectivity index (χ4n) is 2.51. The summed E-state index contributed by atoms with van der Waals surface area (Å²) in [5.41, 5.74) is 0.00702. The maximum atomic E-state index is 13.9. The van der Waals surface area contributed by atoms with Crippen LogP contribution in [0, 0.1) is 23.3 Å². The van der Waals surface area contributed by atoms with Gasteiger partial charge in [0.1, 0.15) is 5.82 Å². The lowest BCUT2D eigenvalue weighted by Crippen LogP contribution is -2.35. The molecule has 144 valence electrons. The Morgan fingerprint density at radius 2 is 1.67 bits per heavy atom. The van der Waals surface area contributed by atoms with Crippen molar-refractivity contribution >= 4 is 17.5 Å². The molecule has 2 aromatic carbocycles. The third-order valence-corrected chi connectivity index (χ3v) is 3.92. The molecule has 2 amide bonds. The summed E-state index contributed by atoms with van der Waals surface area (Å²) in [7, 11) is 0. The van der Waals surface area contributed by atoms with E-state index in [1.165, 1.54) is 6.07 Å². The Labute approximate surface area is 153 Å². The van der Waals surface area contributed by atoms with Gasteiger partial charge >= 0.3 is 0 Å². The number of nitrogens with one attached hydrogen (secondary N) is 1. The van der Waals surface area contributed by atoms with Crippen LogP contribution in [0.1, 0.15) is 18.9 Å². The smallest absolute Gasteiger partial charge is 0.223 e. The molecule has 2 rings (SSSR count). The van der Waals surface area contributed by atoms with Crippen molar-refractivity contribution in [3.63, 3.8) is 0 Å². The molecule has 0 spiro atoms. The number of nitrogens with zero attached hydrogens (tertiary/aromatic N) is 1. The molecule has 0 aliphatic carbocycles. The molecule has 0 saturated heterocycles. The number of carbonyl (C=O) groups excluding carboxylic acids is 2. The Kier molecular flexibility index (Phi) is 6.92. The molecule has 4 nitrogen and oxygen atoms in total. The molecule has 0 aliphatic heterocycles. The fraction of sp³-hybridized carbons (Fsp3) is 0.263. The maximum Gasteiger partial charge on any atom is 0.223 e. The van der Waals surface area contributed by atoms with Crippen molar-refractivity contribution < 1.29 is 27.2 Å². The molecule has 2 aromatic rings. The van der Waals surface area contributed by atoms with E-state index in [0.717, 1.165) is 17.9 Å². The van der Waals surface area contributed by atoms with Gasteiger partial charge in [-0.1, -0.05) is 18.2 Å². The SMILES string of the molecule is CC(=O)N(CCC(=O)NCCc1ccccc1F)c1ccc(F)c(F)c1F. The summed E-state index contributed by atoms with van der Waals surface area (Å²) in [4.78, 5) is 24.5. The van der Waals surface area contributed by atoms with Crippen LogP contribution in [0.15, 0.2) is 36.4 Å². The molecule has 1 N–H and O–H groups in total. The van der Waals surface area contributed by atoms with Crippen molar-refractivity contribution in [2.45, 2.75) is 19.8 Å². The summed E-state index contributed by atoms with van der Waals surface area (Å²) in [6, 6.07) is 7.80. The summed E-state index contributed by atoms with van der Waals surface area (Å²) in [5.74, 6) is -5.99. The minimum absolute atomic E-state index is 0.180. The van der Waals surface area contributed by atoms with E-state index in [0.29, 0.717) is 11.6 Å². The van der Waals surface area contributed by atoms with Crippen LogP contribution < -0.4 is 10.2 Å². The van der Waals surface area contributed by atoms with Crippen LogP contribution in [0.5, 0.6) is 0 Å². The van der Waals surface area contributed by atoms with Crippen molar-refractivity contribution in [2.75, 3.05) is 18.0 Å². The Balaban J connectivity index is 1.92. The van der Waals surface area contributed by atoms with Crippen LogP contribution in [0.25, 0.3) is 0 Å². The van der Waals surface area contributed by atoms with Crippen LogP contribution in [-0.2, 0) is 16.0 Å². The van der Waals surface area contributed by atoms with Crippen LogP contribution in [0.4, 0.5) is 23.2 Å². The zero-order chi connectivity index (χ0) is 20.0. The second-order valence-electron chi connectivity index (χ2n) is 5.81. The van der Waals surface area contributed by atoms with Gasteiger partial charge < -0.3 is 10.2 Å². The molecule has 0 aliphatic rings. The van der Waals surface area contributed by atoms with Gasteiger partial charge in [-0.2, -0.15) is 0 Å². The van der Waals surface area contributed by atoms with Gasteiger partial charge in [-0.3, -0.25) is 9.59 Å². The summed E-state index contributed by atoms with van der Waals surface area (Å²) in [5, 5.41) is 2.57. The quantitative estimate of drug-likeness (QED) is 0.590. The lowest BCUT2D eigenvalue weighted by molar-refractivity contribution is -0.121. The average molecular weight is 382 g/mol. The molecule has 0 unspecified atom stereocenters. The Morgan fingerprint density at radius 3 is 2.33 bits per heavy atom. The number of hydrogen-bond acceptors (Lipinski definition) is 2. The standard InChI is InChI=1S/C19H18F4N2O2/c1-12(26)25(16-7-6-15(21)18(22)19(16)23)11-9-17(27)24-10-8-13-4-2-3-5-14(13)20/h2-7H,8-11H2,1H3,(H,24,27). The highest BCUT2D eigenvalue weighted by molar-refractivity contribution is 5.92. The number of carbonyl (C=O) groups is 2. The second-order valence-corrected chi connectivity index (χ2v) is 5.81. The predicted molar refractivity (Wildman–Crippen MR) is 92.1 cm³/mol. The lowest BCUT2D eigenvalue weighted by Gasteiger charge is -2.21. The van der Waals surface area contributed by atoms with Crippen molar-refractivity contribution in [2.24, 2.45) is 0 Å². The number of anilines is 1. The van der Waals surface area contributed by atoms with Crippen LogP contribution >= 0.6 is 0 Å². The Hall–Kier alpha value is -2.90. The first-order chi connectivity index (χ1) is 12.8. The number of benzene rings is 2. The third kappa shape index (κ3) is 5.29. The van der Waals surface area contributed by atoms with E-state index in [-0.39, 0.29) is 31.7 Å². The molecule has 0 heterocycles. The van der Waals surface area contributed by atoms with Gasteiger partial charge in [0.25, 0.3) is 0 Å². The number of halogens is 4. The third-order valence-electron chi connectivity index (χ3n) is 3.92. The lowest BCUT2D eigenvalue weighted by atomic mass is 10.1. The molecule has 0 aromatic heterocycles. The summed E-state index contributed by atoms with van der Waals surface area (Å²) in [6.45, 7) is 1.08. The Bertz CT molecular complexity index is 842. The maximum absolute atomic E-state index is 13.9. The number of amides is 2. The zero-order valence-corrected chi connectivity index (χ0v) is 14.6. The van der Waals surface area contributed by atoms with Crippen molar-refractivity contribution in [1.82, 2.24) is 5.32 Å². The van der Waals surface area contributed by atoms with Crippen LogP contribution in [0.2, 0.25) is 0 Å². The van der Waals surface area contributed by atoms with Gasteiger partial charge in [0.2, 0.25) is 11.8 Å². The molecule has 0 fully saturated rings. The van der Waals surface area contributed by atoms with Crippen molar-refractivity contribution in [1.29, 1.82) is 0 Å². The van der Waals surface area contributed by atoms with E-state index in [1.807, 2.05) is 0 Å². The van der Waals surface area contributed by atoms with Gasteiger partial charge in [0.15, 0.2) is 17.5 Å². The molecule has 0 atom stereocenters. The first-order valence-electron chi connectivity index (χ1n) is 8.23. The zero-order valence-electron chi connectivity index (χ0n) is 14.6. The molecule has 27 heavy (non-hydrogen) atoms. The summed E-state index contributed by atoms with van der Waals surface area (Å²) < 4.78 is 53.8. The van der Waals surface area contributed by atoms with Gasteiger partial charge in [0.05, 0.1) is 5.69 Å². The molecule has 0 saturated carbocycles. The highest BCUT2D eigenvalue weighted by Gasteiger charge is 2.21. The van der Waals surface area contributed by atoms with Gasteiger partial charge in [-0.15, -0.1) is 0 Å². The normalized spacial score (nSPS) is 10.6. The van der Waals surface area contributed by atoms with E-state index in [2.05, 4.69) is 5.32 Å². The fourth-order valence-corrected chi connectivity index (χ4v) is 2.51. The molecule has 0 bridgehead atoms. The van der Waals surface area contributed by atoms with E-state index in [1.54, 1.807) is 18.2 Å². The molecule has 0 radical (unpaired) electrons. The topological polar surface area (TPSA) is 49.4 Å². The predicted octanol–water partition coefficient (Wildman–Crippen LogP) is 3.34. The van der Waals surface area contributed by atoms with Gasteiger partial charge in [-0.05, 0) is 30.2 Å². The number of hydrogen-bond donors (Lipinski definition) is 1. The molecular weight excluding hydrogens is 364 g/mol. The minimum atomic E-state index is -1.69. The van der Waals surface area contributed by atoms with Crippen LogP contribution in [0.3, 0.4) is 0 Å². The average Bonchev–Trinajstić information content (AvgIpc) is 2.63. The Morgan fingerprint density at radius 1 is 0.963 bits per heavy atom. The van der Waals surface area contributed by atoms with E-state index in [4.69, 9.17) is 0 Å². The molecule has 8 heteroatoms. The van der Waals surface area contributed by atoms with E-state index >= 15 is 0 Å².